The van der Waals surface area contributed by atoms with Gasteiger partial charge in [0, 0.05) is 16.2 Å². The second-order valence-corrected chi connectivity index (χ2v) is 21.1. The molecule has 6 nitrogen and oxygen atoms in total. The summed E-state index contributed by atoms with van der Waals surface area (Å²) in [5.41, 5.74) is 14.7. The van der Waals surface area contributed by atoms with E-state index in [0.29, 0.717) is 0 Å². The van der Waals surface area contributed by atoms with Crippen LogP contribution in [0.2, 0.25) is 0 Å². The average Bonchev–Trinajstić information content (AvgIpc) is 4.18. The minimum Gasteiger partial charge on any atom is -0.497 e. The van der Waals surface area contributed by atoms with Crippen molar-refractivity contribution in [2.24, 2.45) is 0 Å². The normalized spacial score (nSPS) is 14.6. The Bertz CT molecular complexity index is 3120. The Labute approximate surface area is 439 Å². The second-order valence-electron chi connectivity index (χ2n) is 21.1. The molecule has 75 heavy (non-hydrogen) atoms. The molecule has 3 aliphatic rings. The topological polar surface area (TPSA) is 55.4 Å². The van der Waals surface area contributed by atoms with Gasteiger partial charge >= 0.3 is 0 Å². The highest BCUT2D eigenvalue weighted by Crippen LogP contribution is 2.65. The smallest absolute Gasteiger partial charge is 0.118 e. The molecule has 10 aromatic carbocycles. The summed E-state index contributed by atoms with van der Waals surface area (Å²) in [5.74, 6) is 5.14. The van der Waals surface area contributed by atoms with Gasteiger partial charge in [-0.25, -0.2) is 0 Å². The Hall–Kier alpha value is -8.22. The molecule has 0 N–H and O–H groups in total. The molecule has 0 unspecified atom stereocenters. The van der Waals surface area contributed by atoms with Crippen LogP contribution in [0.25, 0.3) is 32.3 Å². The van der Waals surface area contributed by atoms with E-state index in [2.05, 4.69) is 182 Å². The number of rotatable bonds is 18. The Morgan fingerprint density at radius 2 is 0.333 bits per heavy atom. The summed E-state index contributed by atoms with van der Waals surface area (Å²) in [6, 6.07) is 67.8. The number of hydrogen-bond donors (Lipinski definition) is 0. The summed E-state index contributed by atoms with van der Waals surface area (Å²) in [4.78, 5) is 0. The van der Waals surface area contributed by atoms with Crippen LogP contribution in [0.15, 0.2) is 182 Å². The Balaban J connectivity index is 1.15. The maximum Gasteiger partial charge on any atom is 0.118 e. The molecule has 0 atom stereocenters. The third-order valence-electron chi connectivity index (χ3n) is 17.4. The zero-order valence-corrected chi connectivity index (χ0v) is 43.5. The van der Waals surface area contributed by atoms with Gasteiger partial charge in [0.1, 0.15) is 34.5 Å². The average molecular weight is 985 g/mol. The molecule has 0 saturated carbocycles. The van der Waals surface area contributed by atoms with E-state index in [1.54, 1.807) is 42.7 Å². The third-order valence-corrected chi connectivity index (χ3v) is 17.4. The summed E-state index contributed by atoms with van der Waals surface area (Å²) in [5, 5.41) is 8.44. The van der Waals surface area contributed by atoms with E-state index in [4.69, 9.17) is 28.4 Å². The summed E-state index contributed by atoms with van der Waals surface area (Å²) >= 11 is 0. The molecule has 0 amide bonds. The maximum absolute atomic E-state index is 5.73. The van der Waals surface area contributed by atoms with Crippen LogP contribution in [-0.4, -0.2) is 42.7 Å². The molecule has 0 radical (unpaired) electrons. The van der Waals surface area contributed by atoms with Crippen molar-refractivity contribution in [1.29, 1.82) is 0 Å². The van der Waals surface area contributed by atoms with Crippen molar-refractivity contribution in [2.75, 3.05) is 42.7 Å². The molecule has 0 fully saturated rings. The van der Waals surface area contributed by atoms with Crippen molar-refractivity contribution in [2.45, 2.75) is 54.8 Å². The first-order valence-electron chi connectivity index (χ1n) is 26.1. The predicted molar refractivity (Wildman–Crippen MR) is 301 cm³/mol. The van der Waals surface area contributed by atoms with Crippen molar-refractivity contribution >= 4 is 32.3 Å². The molecule has 0 bridgehead atoms. The molecule has 0 aliphatic heterocycles. The predicted octanol–water partition coefficient (Wildman–Crippen LogP) is 14.5. The second kappa shape index (κ2) is 18.0. The van der Waals surface area contributed by atoms with Crippen molar-refractivity contribution < 1.29 is 28.4 Å². The van der Waals surface area contributed by atoms with Gasteiger partial charge < -0.3 is 28.4 Å². The fourth-order valence-corrected chi connectivity index (χ4v) is 14.1. The Kier molecular flexibility index (Phi) is 11.2. The van der Waals surface area contributed by atoms with Gasteiger partial charge in [-0.15, -0.1) is 0 Å². The van der Waals surface area contributed by atoms with Gasteiger partial charge in [-0.1, -0.05) is 109 Å². The van der Waals surface area contributed by atoms with Crippen molar-refractivity contribution in [1.82, 2.24) is 0 Å². The quantitative estimate of drug-likeness (QED) is 0.0799. The van der Waals surface area contributed by atoms with Crippen LogP contribution in [-0.2, 0) is 54.8 Å². The van der Waals surface area contributed by atoms with E-state index in [-0.39, 0.29) is 0 Å². The van der Waals surface area contributed by atoms with E-state index in [9.17, 15) is 0 Å². The number of ether oxygens (including phenoxy) is 6. The highest BCUT2D eigenvalue weighted by atomic mass is 16.5. The number of hydrogen-bond acceptors (Lipinski definition) is 6. The fraction of sp³-hybridized carbons (Fsp3) is 0.217. The lowest BCUT2D eigenvalue weighted by Crippen LogP contribution is -2.33. The summed E-state index contributed by atoms with van der Waals surface area (Å²) in [6.45, 7) is 0. The molecule has 0 aromatic heterocycles. The highest BCUT2D eigenvalue weighted by Gasteiger charge is 2.53. The van der Waals surface area contributed by atoms with Gasteiger partial charge in [0.25, 0.3) is 0 Å². The SMILES string of the molecule is COc1ccc(CC2(Cc3ccc(OC)cc3)c3ccc4c5c3c3c2ccc2c3c3c(ccc(c53)C4(Cc3ccc(OC)cc3)Cc3ccc(OC)cc3)C2(Cc2ccc(OC)cc2)Cc2ccc(OC)cc2)cc1. The van der Waals surface area contributed by atoms with Crippen LogP contribution in [0, 0.1) is 0 Å². The lowest BCUT2D eigenvalue weighted by atomic mass is 9.67. The van der Waals surface area contributed by atoms with Gasteiger partial charge in [0.05, 0.1) is 42.7 Å². The molecule has 0 heterocycles. The minimum absolute atomic E-state index is 0.422. The lowest BCUT2D eigenvalue weighted by molar-refractivity contribution is 0.414. The van der Waals surface area contributed by atoms with E-state index >= 15 is 0 Å². The molecule has 6 heteroatoms. The van der Waals surface area contributed by atoms with E-state index in [1.165, 1.54) is 99.1 Å². The monoisotopic (exact) mass is 984 g/mol. The lowest BCUT2D eigenvalue weighted by Gasteiger charge is -2.35. The minimum atomic E-state index is -0.422. The van der Waals surface area contributed by atoms with E-state index < -0.39 is 16.2 Å². The van der Waals surface area contributed by atoms with Crippen molar-refractivity contribution in [3.63, 3.8) is 0 Å². The number of benzene rings is 10. The van der Waals surface area contributed by atoms with Gasteiger partial charge in [0.2, 0.25) is 0 Å². The van der Waals surface area contributed by atoms with Gasteiger partial charge in [-0.05, 0) is 210 Å². The molecular formula is C69H60O6. The molecular weight excluding hydrogens is 925 g/mol. The standard InChI is InChI=1S/C69H60O6/c1-70-49-19-7-43(8-20-49)37-67(38-44-9-21-50(71-2)22-10-44)55-31-33-57-63-61(55)62-56(67)32-34-58-64(62)66-60(69(58,41-47-15-27-53(74-5)28-16-47)42-48-17-29-54(75-6)30-18-48)36-35-59(65(63)66)68(57,39-45-11-23-51(72-3)24-12-45)40-46-13-25-52(73-4)26-14-46/h7-36H,37-42H2,1-6H3. The third kappa shape index (κ3) is 7.20. The Morgan fingerprint density at radius 3 is 0.453 bits per heavy atom. The van der Waals surface area contributed by atoms with Crippen LogP contribution in [0.5, 0.6) is 34.5 Å². The maximum atomic E-state index is 5.73. The van der Waals surface area contributed by atoms with Crippen molar-refractivity contribution in [3.05, 3.63) is 249 Å². The largest absolute Gasteiger partial charge is 0.497 e. The zero-order valence-electron chi connectivity index (χ0n) is 43.5. The molecule has 10 aromatic rings. The highest BCUT2D eigenvalue weighted by molar-refractivity contribution is 6.35. The van der Waals surface area contributed by atoms with Gasteiger partial charge in [-0.3, -0.25) is 0 Å². The summed E-state index contributed by atoms with van der Waals surface area (Å²) in [6.07, 6.45) is 4.85. The molecule has 13 rings (SSSR count). The van der Waals surface area contributed by atoms with Crippen LogP contribution < -0.4 is 28.4 Å². The van der Waals surface area contributed by atoms with Gasteiger partial charge in [-0.2, -0.15) is 0 Å². The number of methoxy groups -OCH3 is 6. The molecule has 372 valence electrons. The Morgan fingerprint density at radius 1 is 0.200 bits per heavy atom. The first-order valence-corrected chi connectivity index (χ1v) is 26.1. The summed E-state index contributed by atoms with van der Waals surface area (Å²) < 4.78 is 34.4. The van der Waals surface area contributed by atoms with E-state index in [1.807, 2.05) is 0 Å². The zero-order chi connectivity index (χ0) is 51.1. The fourth-order valence-electron chi connectivity index (χ4n) is 14.1. The first kappa shape index (κ1) is 46.6. The van der Waals surface area contributed by atoms with Crippen LogP contribution in [0.1, 0.15) is 66.8 Å². The van der Waals surface area contributed by atoms with Crippen LogP contribution >= 0.6 is 0 Å². The van der Waals surface area contributed by atoms with Crippen molar-refractivity contribution in [3.8, 4) is 34.5 Å². The van der Waals surface area contributed by atoms with E-state index in [0.717, 1.165) is 73.0 Å². The van der Waals surface area contributed by atoms with Crippen LogP contribution in [0.3, 0.4) is 0 Å². The molecule has 0 spiro atoms. The molecule has 3 aliphatic carbocycles. The summed E-state index contributed by atoms with van der Waals surface area (Å²) in [7, 11) is 10.5. The van der Waals surface area contributed by atoms with Crippen LogP contribution in [0.4, 0.5) is 0 Å². The first-order chi connectivity index (χ1) is 36.7. The van der Waals surface area contributed by atoms with Gasteiger partial charge in [0.15, 0.2) is 0 Å². The molecule has 0 saturated heterocycles.